The molecule has 5 nitrogen and oxygen atoms in total. The Morgan fingerprint density at radius 2 is 1.95 bits per heavy atom. The number of carbonyl (C=O) groups excluding carboxylic acids is 1. The second-order valence-electron chi connectivity index (χ2n) is 3.94. The van der Waals surface area contributed by atoms with E-state index in [9.17, 15) is 18.0 Å². The van der Waals surface area contributed by atoms with Gasteiger partial charge in [0.1, 0.15) is 5.82 Å². The maximum atomic E-state index is 13.6. The molecule has 2 rings (SSSR count). The highest BCUT2D eigenvalue weighted by atomic mass is 79.9. The van der Waals surface area contributed by atoms with Gasteiger partial charge in [-0.2, -0.15) is 4.39 Å². The molecule has 0 saturated carbocycles. The van der Waals surface area contributed by atoms with Crippen molar-refractivity contribution in [3.05, 3.63) is 45.8 Å². The molecule has 0 radical (unpaired) electrons. The summed E-state index contributed by atoms with van der Waals surface area (Å²) in [6.45, 7) is 0. The van der Waals surface area contributed by atoms with Crippen molar-refractivity contribution in [3.8, 4) is 5.75 Å². The van der Waals surface area contributed by atoms with E-state index < -0.39 is 34.7 Å². The zero-order chi connectivity index (χ0) is 15.7. The number of aromatic nitrogens is 1. The Hall–Kier alpha value is -2.29. The van der Waals surface area contributed by atoms with Crippen molar-refractivity contribution in [3.63, 3.8) is 0 Å². The number of nitrogens with zero attached hydrogens (tertiary/aromatic N) is 1. The fourth-order valence-corrected chi connectivity index (χ4v) is 1.94. The Kier molecular flexibility index (Phi) is 4.03. The summed E-state index contributed by atoms with van der Waals surface area (Å²) in [4.78, 5) is 15.6. The number of rotatable bonds is 2. The number of nitrogens with two attached hydrogens (primary N) is 1. The smallest absolute Gasteiger partial charge is 0.260 e. The number of nitrogen functional groups attached to an aromatic ring is 1. The van der Waals surface area contributed by atoms with Crippen LogP contribution < -0.4 is 11.1 Å². The first-order valence-electron chi connectivity index (χ1n) is 5.40. The van der Waals surface area contributed by atoms with Gasteiger partial charge in [-0.15, -0.1) is 0 Å². The Labute approximate surface area is 124 Å². The van der Waals surface area contributed by atoms with Crippen molar-refractivity contribution >= 4 is 33.3 Å². The van der Waals surface area contributed by atoms with Crippen LogP contribution in [-0.4, -0.2) is 16.0 Å². The number of halogens is 4. The van der Waals surface area contributed by atoms with E-state index in [0.29, 0.717) is 16.2 Å². The Morgan fingerprint density at radius 3 is 2.57 bits per heavy atom. The summed E-state index contributed by atoms with van der Waals surface area (Å²) in [5.74, 6) is -7.57. The monoisotopic (exact) mass is 361 g/mol. The van der Waals surface area contributed by atoms with Crippen molar-refractivity contribution in [1.82, 2.24) is 4.98 Å². The first-order chi connectivity index (χ1) is 9.81. The molecule has 0 bridgehead atoms. The molecule has 0 aliphatic carbocycles. The van der Waals surface area contributed by atoms with Gasteiger partial charge in [-0.25, -0.2) is 13.8 Å². The molecule has 1 amide bonds. The fraction of sp³-hybridized carbons (Fsp3) is 0. The van der Waals surface area contributed by atoms with Gasteiger partial charge in [0.05, 0.1) is 21.9 Å². The predicted molar refractivity (Wildman–Crippen MR) is 72.3 cm³/mol. The molecule has 0 aliphatic rings. The van der Waals surface area contributed by atoms with Gasteiger partial charge in [0.2, 0.25) is 5.82 Å². The third-order valence-electron chi connectivity index (χ3n) is 2.47. The van der Waals surface area contributed by atoms with Crippen LogP contribution >= 0.6 is 15.9 Å². The lowest BCUT2D eigenvalue weighted by molar-refractivity contribution is 0.102. The lowest BCUT2D eigenvalue weighted by Crippen LogP contribution is -2.16. The SMILES string of the molecule is Nc1cnc(NC(=O)c2cc(F)c(F)c(O)c2F)c(Br)c1. The van der Waals surface area contributed by atoms with E-state index in [0.717, 1.165) is 0 Å². The van der Waals surface area contributed by atoms with Gasteiger partial charge in [-0.05, 0) is 28.1 Å². The Balaban J connectivity index is 2.37. The first kappa shape index (κ1) is 15.1. The number of carbonyl (C=O) groups is 1. The molecule has 1 aromatic carbocycles. The van der Waals surface area contributed by atoms with Crippen LogP contribution in [0.4, 0.5) is 24.7 Å². The van der Waals surface area contributed by atoms with Crippen LogP contribution in [0.25, 0.3) is 0 Å². The Bertz CT molecular complexity index is 740. The van der Waals surface area contributed by atoms with Crippen LogP contribution in [0, 0.1) is 17.5 Å². The lowest BCUT2D eigenvalue weighted by Gasteiger charge is -2.09. The number of amides is 1. The standard InChI is InChI=1S/C12H7BrF3N3O2/c13-6-1-4(17)3-18-11(6)19-12(21)5-2-7(14)9(16)10(20)8(5)15/h1-3,20H,17H2,(H,18,19,21). The number of hydrogen-bond acceptors (Lipinski definition) is 4. The number of phenols is 1. The van der Waals surface area contributed by atoms with E-state index in [1.54, 1.807) is 0 Å². The summed E-state index contributed by atoms with van der Waals surface area (Å²) in [5, 5.41) is 11.2. The minimum atomic E-state index is -1.77. The molecule has 1 aromatic heterocycles. The van der Waals surface area contributed by atoms with Crippen LogP contribution in [0.2, 0.25) is 0 Å². The van der Waals surface area contributed by atoms with Crippen LogP contribution in [-0.2, 0) is 0 Å². The van der Waals surface area contributed by atoms with Gasteiger partial charge in [0.25, 0.3) is 5.91 Å². The minimum absolute atomic E-state index is 0.00202. The summed E-state index contributed by atoms with van der Waals surface area (Å²) < 4.78 is 40.0. The molecule has 1 heterocycles. The number of pyridine rings is 1. The summed E-state index contributed by atoms with van der Waals surface area (Å²) >= 11 is 3.07. The topological polar surface area (TPSA) is 88.2 Å². The van der Waals surface area contributed by atoms with E-state index in [1.807, 2.05) is 0 Å². The van der Waals surface area contributed by atoms with E-state index in [1.165, 1.54) is 12.3 Å². The molecular formula is C12H7BrF3N3O2. The van der Waals surface area contributed by atoms with Crippen molar-refractivity contribution < 1.29 is 23.1 Å². The van der Waals surface area contributed by atoms with Gasteiger partial charge in [0, 0.05) is 0 Å². The molecule has 21 heavy (non-hydrogen) atoms. The first-order valence-corrected chi connectivity index (χ1v) is 6.19. The molecule has 110 valence electrons. The second kappa shape index (κ2) is 5.60. The third kappa shape index (κ3) is 2.92. The molecule has 2 aromatic rings. The van der Waals surface area contributed by atoms with Gasteiger partial charge in [-0.1, -0.05) is 0 Å². The molecule has 0 spiro atoms. The number of phenolic OH excluding ortho intramolecular Hbond substituents is 1. The van der Waals surface area contributed by atoms with Gasteiger partial charge >= 0.3 is 0 Å². The zero-order valence-corrected chi connectivity index (χ0v) is 11.7. The maximum absolute atomic E-state index is 13.6. The zero-order valence-electron chi connectivity index (χ0n) is 10.1. The van der Waals surface area contributed by atoms with Crippen LogP contribution in [0.5, 0.6) is 5.75 Å². The van der Waals surface area contributed by atoms with Crippen molar-refractivity contribution in [2.24, 2.45) is 0 Å². The van der Waals surface area contributed by atoms with E-state index in [-0.39, 0.29) is 5.82 Å². The molecule has 0 atom stereocenters. The summed E-state index contributed by atoms with van der Waals surface area (Å²) in [6, 6.07) is 1.77. The highest BCUT2D eigenvalue weighted by molar-refractivity contribution is 9.10. The summed E-state index contributed by atoms with van der Waals surface area (Å²) in [6.07, 6.45) is 1.24. The van der Waals surface area contributed by atoms with E-state index >= 15 is 0 Å². The van der Waals surface area contributed by atoms with Crippen LogP contribution in [0.3, 0.4) is 0 Å². The molecule has 4 N–H and O–H groups in total. The van der Waals surface area contributed by atoms with E-state index in [2.05, 4.69) is 26.2 Å². The Morgan fingerprint density at radius 1 is 1.29 bits per heavy atom. The van der Waals surface area contributed by atoms with E-state index in [4.69, 9.17) is 10.8 Å². The lowest BCUT2D eigenvalue weighted by atomic mass is 10.1. The molecule has 0 unspecified atom stereocenters. The van der Waals surface area contributed by atoms with Gasteiger partial charge in [0.15, 0.2) is 17.4 Å². The normalized spacial score (nSPS) is 10.5. The summed E-state index contributed by atoms with van der Waals surface area (Å²) in [5.41, 5.74) is 4.91. The maximum Gasteiger partial charge on any atom is 0.260 e. The quantitative estimate of drug-likeness (QED) is 0.717. The highest BCUT2D eigenvalue weighted by Gasteiger charge is 2.23. The summed E-state index contributed by atoms with van der Waals surface area (Å²) in [7, 11) is 0. The number of benzene rings is 1. The highest BCUT2D eigenvalue weighted by Crippen LogP contribution is 2.27. The molecule has 0 fully saturated rings. The van der Waals surface area contributed by atoms with Gasteiger partial charge < -0.3 is 16.2 Å². The second-order valence-corrected chi connectivity index (χ2v) is 4.79. The fourth-order valence-electron chi connectivity index (χ4n) is 1.48. The molecule has 0 aliphatic heterocycles. The average molecular weight is 362 g/mol. The molecule has 9 heteroatoms. The van der Waals surface area contributed by atoms with Crippen molar-refractivity contribution in [2.75, 3.05) is 11.1 Å². The van der Waals surface area contributed by atoms with Crippen LogP contribution in [0.15, 0.2) is 22.8 Å². The molecule has 0 saturated heterocycles. The largest absolute Gasteiger partial charge is 0.503 e. The third-order valence-corrected chi connectivity index (χ3v) is 3.08. The van der Waals surface area contributed by atoms with Crippen molar-refractivity contribution in [2.45, 2.75) is 0 Å². The van der Waals surface area contributed by atoms with Crippen LogP contribution in [0.1, 0.15) is 10.4 Å². The minimum Gasteiger partial charge on any atom is -0.503 e. The number of anilines is 2. The number of hydrogen-bond donors (Lipinski definition) is 3. The van der Waals surface area contributed by atoms with Crippen molar-refractivity contribution in [1.29, 1.82) is 0 Å². The average Bonchev–Trinajstić information content (AvgIpc) is 2.43. The number of nitrogens with one attached hydrogen (secondary N) is 1. The molecular weight excluding hydrogens is 355 g/mol. The number of aromatic hydroxyl groups is 1. The van der Waals surface area contributed by atoms with Gasteiger partial charge in [-0.3, -0.25) is 4.79 Å². The predicted octanol–water partition coefficient (Wildman–Crippen LogP) is 2.80.